The molecule has 1 saturated carbocycles. The summed E-state index contributed by atoms with van der Waals surface area (Å²) in [6, 6.07) is 6.26. The standard InChI is InChI=1S/C15H19FO2/c1-3-14(4-2)9-15(10-14,13(17)18)11-7-5-6-8-12(11)16/h5-8H,3-4,9-10H2,1-2H3,(H,17,18). The summed E-state index contributed by atoms with van der Waals surface area (Å²) < 4.78 is 13.9. The van der Waals surface area contributed by atoms with Crippen molar-refractivity contribution < 1.29 is 14.3 Å². The second kappa shape index (κ2) is 4.38. The molecule has 0 amide bonds. The number of benzene rings is 1. The van der Waals surface area contributed by atoms with Crippen LogP contribution in [0.2, 0.25) is 0 Å². The molecule has 1 fully saturated rings. The van der Waals surface area contributed by atoms with Crippen molar-refractivity contribution in [3.63, 3.8) is 0 Å². The van der Waals surface area contributed by atoms with Gasteiger partial charge < -0.3 is 5.11 Å². The number of halogens is 1. The zero-order chi connectivity index (χ0) is 13.4. The molecule has 0 aliphatic heterocycles. The number of carbonyl (C=O) groups is 1. The maximum absolute atomic E-state index is 13.9. The molecule has 2 rings (SSSR count). The van der Waals surface area contributed by atoms with Gasteiger partial charge in [0.25, 0.3) is 0 Å². The zero-order valence-corrected chi connectivity index (χ0v) is 10.9. The molecule has 1 aromatic carbocycles. The number of hydrogen-bond acceptors (Lipinski definition) is 1. The smallest absolute Gasteiger partial charge is 0.314 e. The van der Waals surface area contributed by atoms with Gasteiger partial charge in [0, 0.05) is 5.56 Å². The van der Waals surface area contributed by atoms with Gasteiger partial charge in [0.1, 0.15) is 5.82 Å². The lowest BCUT2D eigenvalue weighted by Gasteiger charge is -2.54. The molecule has 0 heterocycles. The van der Waals surface area contributed by atoms with Crippen LogP contribution in [0.5, 0.6) is 0 Å². The van der Waals surface area contributed by atoms with E-state index in [1.807, 2.05) is 0 Å². The Morgan fingerprint density at radius 2 is 1.83 bits per heavy atom. The van der Waals surface area contributed by atoms with Crippen molar-refractivity contribution in [2.45, 2.75) is 44.9 Å². The third-order valence-electron chi connectivity index (χ3n) is 4.65. The van der Waals surface area contributed by atoms with Gasteiger partial charge in [-0.1, -0.05) is 44.9 Å². The summed E-state index contributed by atoms with van der Waals surface area (Å²) in [6.45, 7) is 4.16. The molecule has 1 N–H and O–H groups in total. The largest absolute Gasteiger partial charge is 0.481 e. The molecule has 1 aromatic rings. The summed E-state index contributed by atoms with van der Waals surface area (Å²) in [5, 5.41) is 9.52. The number of rotatable bonds is 4. The normalized spacial score (nSPS) is 20.2. The van der Waals surface area contributed by atoms with E-state index in [1.165, 1.54) is 6.07 Å². The van der Waals surface area contributed by atoms with Crippen molar-refractivity contribution in [2.24, 2.45) is 5.41 Å². The predicted molar refractivity (Wildman–Crippen MR) is 68.0 cm³/mol. The summed E-state index contributed by atoms with van der Waals surface area (Å²) in [6.07, 6.45) is 2.99. The van der Waals surface area contributed by atoms with E-state index in [2.05, 4.69) is 13.8 Å². The maximum atomic E-state index is 13.9. The first-order chi connectivity index (χ1) is 8.49. The van der Waals surface area contributed by atoms with Gasteiger partial charge in [-0.15, -0.1) is 0 Å². The third kappa shape index (κ3) is 1.73. The van der Waals surface area contributed by atoms with Crippen LogP contribution in [0, 0.1) is 11.2 Å². The number of carboxylic acids is 1. The Morgan fingerprint density at radius 3 is 2.28 bits per heavy atom. The highest BCUT2D eigenvalue weighted by Gasteiger charge is 2.59. The quantitative estimate of drug-likeness (QED) is 0.883. The van der Waals surface area contributed by atoms with Crippen molar-refractivity contribution in [3.8, 4) is 0 Å². The minimum atomic E-state index is -1.02. The topological polar surface area (TPSA) is 37.3 Å². The van der Waals surface area contributed by atoms with Gasteiger partial charge in [0.05, 0.1) is 5.41 Å². The molecular formula is C15H19FO2. The van der Waals surface area contributed by atoms with Gasteiger partial charge >= 0.3 is 5.97 Å². The van der Waals surface area contributed by atoms with E-state index in [1.54, 1.807) is 18.2 Å². The Hall–Kier alpha value is -1.38. The van der Waals surface area contributed by atoms with Crippen molar-refractivity contribution in [1.82, 2.24) is 0 Å². The van der Waals surface area contributed by atoms with Gasteiger partial charge in [0.2, 0.25) is 0 Å². The van der Waals surface area contributed by atoms with Gasteiger partial charge in [-0.3, -0.25) is 4.79 Å². The Balaban J connectivity index is 2.39. The molecule has 0 saturated heterocycles. The van der Waals surface area contributed by atoms with Crippen LogP contribution in [-0.2, 0) is 10.2 Å². The lowest BCUT2D eigenvalue weighted by atomic mass is 9.48. The molecule has 18 heavy (non-hydrogen) atoms. The maximum Gasteiger partial charge on any atom is 0.314 e. The molecule has 98 valence electrons. The molecule has 0 radical (unpaired) electrons. The summed E-state index contributed by atoms with van der Waals surface area (Å²) >= 11 is 0. The van der Waals surface area contributed by atoms with E-state index >= 15 is 0 Å². The van der Waals surface area contributed by atoms with E-state index in [9.17, 15) is 14.3 Å². The minimum Gasteiger partial charge on any atom is -0.481 e. The van der Waals surface area contributed by atoms with Gasteiger partial charge in [-0.05, 0) is 24.3 Å². The SMILES string of the molecule is CCC1(CC)CC(C(=O)O)(c2ccccc2F)C1. The summed E-state index contributed by atoms with van der Waals surface area (Å²) in [5.74, 6) is -1.30. The van der Waals surface area contributed by atoms with Crippen LogP contribution in [0.4, 0.5) is 4.39 Å². The first-order valence-corrected chi connectivity index (χ1v) is 6.48. The molecule has 0 spiro atoms. The highest BCUT2D eigenvalue weighted by atomic mass is 19.1. The van der Waals surface area contributed by atoms with Crippen molar-refractivity contribution in [3.05, 3.63) is 35.6 Å². The molecule has 0 atom stereocenters. The third-order valence-corrected chi connectivity index (χ3v) is 4.65. The molecular weight excluding hydrogens is 231 g/mol. The number of aliphatic carboxylic acids is 1. The van der Waals surface area contributed by atoms with Crippen molar-refractivity contribution in [2.75, 3.05) is 0 Å². The Bertz CT molecular complexity index is 455. The highest BCUT2D eigenvalue weighted by molar-refractivity contribution is 5.83. The van der Waals surface area contributed by atoms with E-state index in [0.29, 0.717) is 18.4 Å². The van der Waals surface area contributed by atoms with Crippen LogP contribution in [0.25, 0.3) is 0 Å². The van der Waals surface area contributed by atoms with Crippen LogP contribution in [-0.4, -0.2) is 11.1 Å². The molecule has 1 aliphatic rings. The van der Waals surface area contributed by atoms with Crippen LogP contribution >= 0.6 is 0 Å². The average Bonchev–Trinajstić information content (AvgIpc) is 2.31. The number of carboxylic acid groups (broad SMARTS) is 1. The van der Waals surface area contributed by atoms with E-state index in [4.69, 9.17) is 0 Å². The van der Waals surface area contributed by atoms with E-state index < -0.39 is 17.2 Å². The lowest BCUT2D eigenvalue weighted by molar-refractivity contribution is -0.155. The van der Waals surface area contributed by atoms with Crippen LogP contribution in [0.15, 0.2) is 24.3 Å². The fourth-order valence-corrected chi connectivity index (χ4v) is 3.28. The molecule has 2 nitrogen and oxygen atoms in total. The Kier molecular flexibility index (Phi) is 3.18. The monoisotopic (exact) mass is 250 g/mol. The number of hydrogen-bond donors (Lipinski definition) is 1. The minimum absolute atomic E-state index is 0.0701. The molecule has 0 bridgehead atoms. The molecule has 3 heteroatoms. The fraction of sp³-hybridized carbons (Fsp3) is 0.533. The van der Waals surface area contributed by atoms with Gasteiger partial charge in [-0.25, -0.2) is 4.39 Å². The second-order valence-electron chi connectivity index (χ2n) is 5.43. The van der Waals surface area contributed by atoms with Crippen LogP contribution in [0.3, 0.4) is 0 Å². The highest BCUT2D eigenvalue weighted by Crippen LogP contribution is 2.59. The van der Waals surface area contributed by atoms with E-state index in [0.717, 1.165) is 12.8 Å². The van der Waals surface area contributed by atoms with Gasteiger partial charge in [0.15, 0.2) is 0 Å². The molecule has 0 aromatic heterocycles. The summed E-state index contributed by atoms with van der Waals surface area (Å²) in [4.78, 5) is 11.6. The van der Waals surface area contributed by atoms with Gasteiger partial charge in [-0.2, -0.15) is 0 Å². The van der Waals surface area contributed by atoms with Crippen molar-refractivity contribution >= 4 is 5.97 Å². The first kappa shape index (κ1) is 13.1. The zero-order valence-electron chi connectivity index (χ0n) is 10.9. The van der Waals surface area contributed by atoms with E-state index in [-0.39, 0.29) is 5.41 Å². The Morgan fingerprint density at radius 1 is 1.28 bits per heavy atom. The van der Waals surface area contributed by atoms with Crippen LogP contribution in [0.1, 0.15) is 45.1 Å². The summed E-state index contributed by atoms with van der Waals surface area (Å²) in [5.41, 5.74) is -0.604. The first-order valence-electron chi connectivity index (χ1n) is 6.48. The fourth-order valence-electron chi connectivity index (χ4n) is 3.28. The molecule has 1 aliphatic carbocycles. The predicted octanol–water partition coefficient (Wildman–Crippen LogP) is 3.75. The summed E-state index contributed by atoms with van der Waals surface area (Å²) in [7, 11) is 0. The second-order valence-corrected chi connectivity index (χ2v) is 5.43. The Labute approximate surface area is 107 Å². The lowest BCUT2D eigenvalue weighted by Crippen LogP contribution is -2.54. The van der Waals surface area contributed by atoms with Crippen LogP contribution < -0.4 is 0 Å². The molecule has 0 unspecified atom stereocenters. The van der Waals surface area contributed by atoms with Crippen molar-refractivity contribution in [1.29, 1.82) is 0 Å². The average molecular weight is 250 g/mol.